The molecule has 0 aliphatic rings. The molecule has 0 aromatic heterocycles. The molecule has 1 amide bonds. The minimum absolute atomic E-state index is 0.278. The molecule has 0 radical (unpaired) electrons. The summed E-state index contributed by atoms with van der Waals surface area (Å²) in [6.07, 6.45) is 0.373. The Morgan fingerprint density at radius 2 is 1.94 bits per heavy atom. The minimum atomic E-state index is -1.35. The predicted octanol–water partition coefficient (Wildman–Crippen LogP) is 2.42. The zero-order valence-corrected chi connectivity index (χ0v) is 10.2. The van der Waals surface area contributed by atoms with Gasteiger partial charge in [0.15, 0.2) is 11.6 Å². The Hall–Kier alpha value is -1.56. The van der Waals surface area contributed by atoms with Crippen LogP contribution in [-0.4, -0.2) is 12.5 Å². The number of hydrogen-bond donors (Lipinski definition) is 2. The standard InChI is InChI=1S/C12H15F3N2O/c1-12(2,3-4-16)11(18)17-9-6-7(13)5-8(14)10(9)15/h5-6H,3-4,16H2,1-2H3,(H,17,18). The van der Waals surface area contributed by atoms with Crippen LogP contribution in [0, 0.1) is 22.9 Å². The second-order valence-corrected chi connectivity index (χ2v) is 4.63. The third-order valence-electron chi connectivity index (χ3n) is 2.63. The van der Waals surface area contributed by atoms with E-state index in [4.69, 9.17) is 5.73 Å². The van der Waals surface area contributed by atoms with Gasteiger partial charge >= 0.3 is 0 Å². The Balaban J connectivity index is 2.95. The molecule has 6 heteroatoms. The predicted molar refractivity (Wildman–Crippen MR) is 62.4 cm³/mol. The van der Waals surface area contributed by atoms with Crippen molar-refractivity contribution in [1.82, 2.24) is 0 Å². The number of nitrogens with one attached hydrogen (secondary N) is 1. The topological polar surface area (TPSA) is 55.1 Å². The molecule has 0 spiro atoms. The lowest BCUT2D eigenvalue weighted by molar-refractivity contribution is -0.124. The van der Waals surface area contributed by atoms with E-state index < -0.39 is 34.5 Å². The Kier molecular flexibility index (Phi) is 4.34. The van der Waals surface area contributed by atoms with Gasteiger partial charge in [-0.25, -0.2) is 13.2 Å². The van der Waals surface area contributed by atoms with Crippen LogP contribution in [0.5, 0.6) is 0 Å². The first-order chi connectivity index (χ1) is 8.27. The van der Waals surface area contributed by atoms with E-state index in [1.807, 2.05) is 0 Å². The maximum atomic E-state index is 13.3. The fourth-order valence-corrected chi connectivity index (χ4v) is 1.41. The number of carbonyl (C=O) groups excluding carboxylic acids is 1. The summed E-state index contributed by atoms with van der Waals surface area (Å²) < 4.78 is 39.2. The highest BCUT2D eigenvalue weighted by Gasteiger charge is 2.27. The van der Waals surface area contributed by atoms with Gasteiger partial charge in [0.1, 0.15) is 5.82 Å². The molecule has 18 heavy (non-hydrogen) atoms. The van der Waals surface area contributed by atoms with E-state index in [1.54, 1.807) is 13.8 Å². The van der Waals surface area contributed by atoms with Crippen LogP contribution in [0.4, 0.5) is 18.9 Å². The molecule has 0 saturated heterocycles. The maximum absolute atomic E-state index is 13.3. The van der Waals surface area contributed by atoms with E-state index in [1.165, 1.54) is 0 Å². The van der Waals surface area contributed by atoms with Crippen molar-refractivity contribution in [3.8, 4) is 0 Å². The highest BCUT2D eigenvalue weighted by atomic mass is 19.2. The Labute approximate surface area is 103 Å². The summed E-state index contributed by atoms with van der Waals surface area (Å²) in [5.41, 5.74) is 4.00. The van der Waals surface area contributed by atoms with Gasteiger partial charge in [-0.3, -0.25) is 4.79 Å². The Morgan fingerprint density at radius 1 is 1.33 bits per heavy atom. The van der Waals surface area contributed by atoms with Crippen LogP contribution in [0.1, 0.15) is 20.3 Å². The molecule has 0 aliphatic carbocycles. The molecular weight excluding hydrogens is 245 g/mol. The smallest absolute Gasteiger partial charge is 0.230 e. The van der Waals surface area contributed by atoms with E-state index in [0.29, 0.717) is 12.5 Å². The molecule has 0 saturated carbocycles. The van der Waals surface area contributed by atoms with Crippen molar-refractivity contribution in [3.05, 3.63) is 29.6 Å². The van der Waals surface area contributed by atoms with Gasteiger partial charge in [-0.05, 0) is 13.0 Å². The third-order valence-corrected chi connectivity index (χ3v) is 2.63. The van der Waals surface area contributed by atoms with Gasteiger partial charge in [0.2, 0.25) is 5.91 Å². The van der Waals surface area contributed by atoms with Gasteiger partial charge in [-0.2, -0.15) is 0 Å². The molecule has 3 N–H and O–H groups in total. The van der Waals surface area contributed by atoms with Crippen LogP contribution >= 0.6 is 0 Å². The normalized spacial score (nSPS) is 11.4. The van der Waals surface area contributed by atoms with E-state index in [2.05, 4.69) is 5.32 Å². The lowest BCUT2D eigenvalue weighted by atomic mass is 9.88. The minimum Gasteiger partial charge on any atom is -0.330 e. The monoisotopic (exact) mass is 260 g/mol. The molecule has 0 unspecified atom stereocenters. The lowest BCUT2D eigenvalue weighted by Crippen LogP contribution is -2.33. The number of benzene rings is 1. The van der Waals surface area contributed by atoms with E-state index in [0.717, 1.165) is 6.07 Å². The van der Waals surface area contributed by atoms with Gasteiger partial charge in [-0.15, -0.1) is 0 Å². The van der Waals surface area contributed by atoms with E-state index >= 15 is 0 Å². The van der Waals surface area contributed by atoms with Crippen LogP contribution in [-0.2, 0) is 4.79 Å². The average molecular weight is 260 g/mol. The number of anilines is 1. The Morgan fingerprint density at radius 3 is 2.50 bits per heavy atom. The van der Waals surface area contributed by atoms with Crippen molar-refractivity contribution >= 4 is 11.6 Å². The van der Waals surface area contributed by atoms with Crippen LogP contribution in [0.2, 0.25) is 0 Å². The summed E-state index contributed by atoms with van der Waals surface area (Å²) in [6, 6.07) is 1.14. The molecule has 0 fully saturated rings. The fourth-order valence-electron chi connectivity index (χ4n) is 1.41. The molecule has 0 atom stereocenters. The summed E-state index contributed by atoms with van der Waals surface area (Å²) in [5, 5.41) is 2.17. The first-order valence-electron chi connectivity index (χ1n) is 5.44. The van der Waals surface area contributed by atoms with E-state index in [9.17, 15) is 18.0 Å². The molecule has 0 heterocycles. The highest BCUT2D eigenvalue weighted by Crippen LogP contribution is 2.25. The first kappa shape index (κ1) is 14.5. The van der Waals surface area contributed by atoms with Crippen molar-refractivity contribution in [3.63, 3.8) is 0 Å². The summed E-state index contributed by atoms with van der Waals surface area (Å²) >= 11 is 0. The quantitative estimate of drug-likeness (QED) is 0.817. The summed E-state index contributed by atoms with van der Waals surface area (Å²) in [7, 11) is 0. The lowest BCUT2D eigenvalue weighted by Gasteiger charge is -2.22. The molecule has 0 aliphatic heterocycles. The van der Waals surface area contributed by atoms with Crippen molar-refractivity contribution < 1.29 is 18.0 Å². The third kappa shape index (κ3) is 3.22. The molecule has 0 bridgehead atoms. The molecule has 100 valence electrons. The molecule has 1 rings (SSSR count). The van der Waals surface area contributed by atoms with E-state index in [-0.39, 0.29) is 6.54 Å². The molecule has 3 nitrogen and oxygen atoms in total. The van der Waals surface area contributed by atoms with Crippen molar-refractivity contribution in [2.45, 2.75) is 20.3 Å². The maximum Gasteiger partial charge on any atom is 0.230 e. The van der Waals surface area contributed by atoms with Gasteiger partial charge in [0.05, 0.1) is 5.69 Å². The number of carbonyl (C=O) groups is 1. The zero-order chi connectivity index (χ0) is 13.9. The number of hydrogen-bond acceptors (Lipinski definition) is 2. The van der Waals surface area contributed by atoms with Crippen LogP contribution < -0.4 is 11.1 Å². The summed E-state index contributed by atoms with van der Waals surface area (Å²) in [6.45, 7) is 3.51. The first-order valence-corrected chi connectivity index (χ1v) is 5.44. The molecule has 1 aromatic carbocycles. The fraction of sp³-hybridized carbons (Fsp3) is 0.417. The molecule has 1 aromatic rings. The second-order valence-electron chi connectivity index (χ2n) is 4.63. The van der Waals surface area contributed by atoms with Gasteiger partial charge in [0.25, 0.3) is 0 Å². The number of rotatable bonds is 4. The Bertz CT molecular complexity index is 461. The largest absolute Gasteiger partial charge is 0.330 e. The van der Waals surface area contributed by atoms with Crippen molar-refractivity contribution in [2.75, 3.05) is 11.9 Å². The van der Waals surface area contributed by atoms with Crippen molar-refractivity contribution in [2.24, 2.45) is 11.1 Å². The van der Waals surface area contributed by atoms with Crippen molar-refractivity contribution in [1.29, 1.82) is 0 Å². The molecular formula is C12H15F3N2O. The summed E-state index contributed by atoms with van der Waals surface area (Å²) in [4.78, 5) is 11.8. The van der Waals surface area contributed by atoms with Crippen LogP contribution in [0.15, 0.2) is 12.1 Å². The number of nitrogens with two attached hydrogens (primary N) is 1. The van der Waals surface area contributed by atoms with Gasteiger partial charge in [0, 0.05) is 17.5 Å². The number of halogens is 3. The van der Waals surface area contributed by atoms with Gasteiger partial charge in [-0.1, -0.05) is 13.8 Å². The van der Waals surface area contributed by atoms with Crippen LogP contribution in [0.25, 0.3) is 0 Å². The number of amides is 1. The zero-order valence-electron chi connectivity index (χ0n) is 10.2. The van der Waals surface area contributed by atoms with Crippen LogP contribution in [0.3, 0.4) is 0 Å². The van der Waals surface area contributed by atoms with Gasteiger partial charge < -0.3 is 11.1 Å². The SMILES string of the molecule is CC(C)(CCN)C(=O)Nc1cc(F)cc(F)c1F. The summed E-state index contributed by atoms with van der Waals surface area (Å²) in [5.74, 6) is -4.13. The highest BCUT2D eigenvalue weighted by molar-refractivity contribution is 5.94. The second kappa shape index (κ2) is 5.39. The average Bonchev–Trinajstić information content (AvgIpc) is 2.25.